The molecule has 3 aromatic rings. The maximum atomic E-state index is 12.4. The monoisotopic (exact) mass is 382 g/mol. The Kier molecular flexibility index (Phi) is 5.68. The summed E-state index contributed by atoms with van der Waals surface area (Å²) in [5, 5.41) is 0.768. The molecule has 3 rings (SSSR count). The molecule has 0 atom stereocenters. The molecule has 1 heterocycles. The Labute approximate surface area is 162 Å². The molecule has 6 heteroatoms. The van der Waals surface area contributed by atoms with Gasteiger partial charge in [-0.1, -0.05) is 12.1 Å². The van der Waals surface area contributed by atoms with Crippen LogP contribution in [0, 0.1) is 13.8 Å². The van der Waals surface area contributed by atoms with E-state index >= 15 is 0 Å². The minimum atomic E-state index is -0.538. The molecule has 2 aromatic carbocycles. The van der Waals surface area contributed by atoms with Gasteiger partial charge in [0.25, 0.3) is 0 Å². The molecule has 6 nitrogen and oxygen atoms in total. The van der Waals surface area contributed by atoms with Crippen LogP contribution in [0.25, 0.3) is 11.0 Å². The molecule has 28 heavy (non-hydrogen) atoms. The second kappa shape index (κ2) is 8.17. The van der Waals surface area contributed by atoms with E-state index in [0.29, 0.717) is 29.1 Å². The highest BCUT2D eigenvalue weighted by Gasteiger charge is 2.17. The highest BCUT2D eigenvalue weighted by molar-refractivity contribution is 5.86. The van der Waals surface area contributed by atoms with Crippen molar-refractivity contribution < 1.29 is 23.4 Å². The first kappa shape index (κ1) is 19.5. The zero-order chi connectivity index (χ0) is 20.3. The van der Waals surface area contributed by atoms with Crippen LogP contribution in [0.4, 0.5) is 0 Å². The quantitative estimate of drug-likeness (QED) is 0.478. The molecule has 0 fully saturated rings. The average molecular weight is 382 g/mol. The molecule has 0 aliphatic heterocycles. The second-order valence-corrected chi connectivity index (χ2v) is 6.45. The third-order valence-corrected chi connectivity index (χ3v) is 4.73. The van der Waals surface area contributed by atoms with Crippen molar-refractivity contribution in [1.29, 1.82) is 0 Å². The normalized spacial score (nSPS) is 10.7. The Morgan fingerprint density at radius 1 is 1.07 bits per heavy atom. The fourth-order valence-electron chi connectivity index (χ4n) is 3.07. The molecule has 0 unspecified atom stereocenters. The Morgan fingerprint density at radius 3 is 2.57 bits per heavy atom. The van der Waals surface area contributed by atoms with Crippen molar-refractivity contribution >= 4 is 16.9 Å². The van der Waals surface area contributed by atoms with Crippen LogP contribution in [0.2, 0.25) is 0 Å². The largest absolute Gasteiger partial charge is 0.497 e. The zero-order valence-corrected chi connectivity index (χ0v) is 16.3. The third-order valence-electron chi connectivity index (χ3n) is 4.73. The standard InChI is InChI=1S/C22H22O6/c1-13-17-8-9-19(27-12-15-6-5-7-16(10-15)25-3)14(2)21(17)28-22(24)18(13)11-20(23)26-4/h5-10H,11-12H2,1-4H3. The predicted octanol–water partition coefficient (Wildman–Crippen LogP) is 3.71. The van der Waals surface area contributed by atoms with E-state index in [9.17, 15) is 9.59 Å². The maximum absolute atomic E-state index is 12.4. The summed E-state index contributed by atoms with van der Waals surface area (Å²) in [6.45, 7) is 3.99. The van der Waals surface area contributed by atoms with E-state index in [-0.39, 0.29) is 6.42 Å². The van der Waals surface area contributed by atoms with Crippen molar-refractivity contribution in [2.45, 2.75) is 26.9 Å². The molecule has 0 aliphatic carbocycles. The highest BCUT2D eigenvalue weighted by atomic mass is 16.5. The lowest BCUT2D eigenvalue weighted by Crippen LogP contribution is -2.16. The lowest BCUT2D eigenvalue weighted by Gasteiger charge is -2.13. The van der Waals surface area contributed by atoms with Gasteiger partial charge in [0.1, 0.15) is 23.7 Å². The average Bonchev–Trinajstić information content (AvgIpc) is 2.71. The van der Waals surface area contributed by atoms with Crippen LogP contribution in [0.5, 0.6) is 11.5 Å². The van der Waals surface area contributed by atoms with Crippen LogP contribution in [-0.2, 0) is 22.6 Å². The lowest BCUT2D eigenvalue weighted by atomic mass is 10.0. The third kappa shape index (κ3) is 3.86. The number of fused-ring (bicyclic) bond motifs is 1. The number of aryl methyl sites for hydroxylation is 2. The van der Waals surface area contributed by atoms with Gasteiger partial charge in [-0.25, -0.2) is 4.79 Å². The van der Waals surface area contributed by atoms with Gasteiger partial charge in [0.2, 0.25) is 0 Å². The molecule has 0 N–H and O–H groups in total. The summed E-state index contributed by atoms with van der Waals surface area (Å²) in [5.41, 5.74) is 2.63. The van der Waals surface area contributed by atoms with Crippen molar-refractivity contribution in [3.63, 3.8) is 0 Å². The maximum Gasteiger partial charge on any atom is 0.340 e. The summed E-state index contributed by atoms with van der Waals surface area (Å²) >= 11 is 0. The van der Waals surface area contributed by atoms with Crippen LogP contribution >= 0.6 is 0 Å². The van der Waals surface area contributed by atoms with Gasteiger partial charge in [0, 0.05) is 10.9 Å². The number of hydrogen-bond donors (Lipinski definition) is 0. The van der Waals surface area contributed by atoms with E-state index < -0.39 is 11.6 Å². The topological polar surface area (TPSA) is 75.0 Å². The molecule has 0 saturated carbocycles. The van der Waals surface area contributed by atoms with E-state index in [2.05, 4.69) is 4.74 Å². The van der Waals surface area contributed by atoms with E-state index in [4.69, 9.17) is 13.9 Å². The van der Waals surface area contributed by atoms with Gasteiger partial charge in [-0.3, -0.25) is 4.79 Å². The predicted molar refractivity (Wildman–Crippen MR) is 105 cm³/mol. The van der Waals surface area contributed by atoms with E-state index in [1.807, 2.05) is 43.3 Å². The Balaban J connectivity index is 1.93. The van der Waals surface area contributed by atoms with Gasteiger partial charge in [0.15, 0.2) is 0 Å². The van der Waals surface area contributed by atoms with Gasteiger partial charge in [-0.05, 0) is 49.2 Å². The van der Waals surface area contributed by atoms with Gasteiger partial charge in [0.05, 0.1) is 26.2 Å². The molecule has 0 radical (unpaired) electrons. The van der Waals surface area contributed by atoms with Gasteiger partial charge < -0.3 is 18.6 Å². The molecule has 0 bridgehead atoms. The number of ether oxygens (including phenoxy) is 3. The number of carbonyl (C=O) groups is 1. The van der Waals surface area contributed by atoms with Gasteiger partial charge in [-0.15, -0.1) is 0 Å². The van der Waals surface area contributed by atoms with Crippen LogP contribution in [0.1, 0.15) is 22.3 Å². The first-order valence-electron chi connectivity index (χ1n) is 8.83. The first-order chi connectivity index (χ1) is 13.4. The number of carbonyl (C=O) groups excluding carboxylic acids is 1. The molecular weight excluding hydrogens is 360 g/mol. The van der Waals surface area contributed by atoms with Crippen LogP contribution in [0.3, 0.4) is 0 Å². The van der Waals surface area contributed by atoms with Crippen LogP contribution < -0.4 is 15.1 Å². The lowest BCUT2D eigenvalue weighted by molar-refractivity contribution is -0.139. The number of methoxy groups -OCH3 is 2. The molecule has 146 valence electrons. The smallest absolute Gasteiger partial charge is 0.340 e. The SMILES string of the molecule is COC(=O)Cc1c(C)c2ccc(OCc3cccc(OC)c3)c(C)c2oc1=O. The molecule has 0 spiro atoms. The molecular formula is C22H22O6. The fourth-order valence-corrected chi connectivity index (χ4v) is 3.07. The summed E-state index contributed by atoms with van der Waals surface area (Å²) in [7, 11) is 2.91. The Morgan fingerprint density at radius 2 is 1.86 bits per heavy atom. The van der Waals surface area contributed by atoms with Crippen molar-refractivity contribution in [1.82, 2.24) is 0 Å². The van der Waals surface area contributed by atoms with E-state index in [1.54, 1.807) is 14.0 Å². The summed E-state index contributed by atoms with van der Waals surface area (Å²) in [6, 6.07) is 11.3. The number of benzene rings is 2. The molecule has 0 amide bonds. The zero-order valence-electron chi connectivity index (χ0n) is 16.3. The minimum Gasteiger partial charge on any atom is -0.497 e. The van der Waals surface area contributed by atoms with Crippen LogP contribution in [-0.4, -0.2) is 20.2 Å². The van der Waals surface area contributed by atoms with E-state index in [0.717, 1.165) is 22.3 Å². The summed E-state index contributed by atoms with van der Waals surface area (Å²) < 4.78 is 21.3. The van der Waals surface area contributed by atoms with Crippen molar-refractivity contribution in [2.75, 3.05) is 14.2 Å². The number of esters is 1. The van der Waals surface area contributed by atoms with Gasteiger partial charge >= 0.3 is 11.6 Å². The van der Waals surface area contributed by atoms with Crippen LogP contribution in [0.15, 0.2) is 45.6 Å². The fraction of sp³-hybridized carbons (Fsp3) is 0.273. The summed E-state index contributed by atoms with van der Waals surface area (Å²) in [6.07, 6.45) is -0.117. The van der Waals surface area contributed by atoms with Crippen molar-refractivity contribution in [3.05, 3.63) is 69.1 Å². The second-order valence-electron chi connectivity index (χ2n) is 6.45. The van der Waals surface area contributed by atoms with Crippen molar-refractivity contribution in [2.24, 2.45) is 0 Å². The minimum absolute atomic E-state index is 0.117. The Hall–Kier alpha value is -3.28. The Bertz CT molecular complexity index is 1080. The first-order valence-corrected chi connectivity index (χ1v) is 8.83. The molecule has 1 aromatic heterocycles. The van der Waals surface area contributed by atoms with E-state index in [1.165, 1.54) is 7.11 Å². The molecule has 0 aliphatic rings. The van der Waals surface area contributed by atoms with Gasteiger partial charge in [-0.2, -0.15) is 0 Å². The number of rotatable bonds is 6. The van der Waals surface area contributed by atoms with Crippen molar-refractivity contribution in [3.8, 4) is 11.5 Å². The molecule has 0 saturated heterocycles. The summed E-state index contributed by atoms with van der Waals surface area (Å²) in [5.74, 6) is 0.902. The summed E-state index contributed by atoms with van der Waals surface area (Å²) in [4.78, 5) is 24.0. The highest BCUT2D eigenvalue weighted by Crippen LogP contribution is 2.30. The number of hydrogen-bond acceptors (Lipinski definition) is 6.